The van der Waals surface area contributed by atoms with Crippen LogP contribution < -0.4 is 5.32 Å². The Morgan fingerprint density at radius 1 is 1.27 bits per heavy atom. The lowest BCUT2D eigenvalue weighted by Crippen LogP contribution is -2.36. The molecular formula is C20H26N8O2. The number of carbonyl (C=O) groups is 2. The minimum absolute atomic E-state index is 0.111. The van der Waals surface area contributed by atoms with Crippen molar-refractivity contribution in [3.05, 3.63) is 53.6 Å². The molecule has 30 heavy (non-hydrogen) atoms. The molecule has 2 N–H and O–H groups in total. The fourth-order valence-corrected chi connectivity index (χ4v) is 3.74. The maximum Gasteiger partial charge on any atom is 0.272 e. The molecule has 1 aliphatic heterocycles. The molecule has 0 atom stereocenters. The predicted molar refractivity (Wildman–Crippen MR) is 108 cm³/mol. The number of nitrogens with one attached hydrogen (secondary N) is 2. The molecule has 0 aliphatic carbocycles. The second kappa shape index (κ2) is 8.93. The number of amides is 2. The lowest BCUT2D eigenvalue weighted by molar-refractivity contribution is -0.132. The lowest BCUT2D eigenvalue weighted by Gasteiger charge is -2.27. The molecule has 3 aromatic heterocycles. The fourth-order valence-electron chi connectivity index (χ4n) is 3.74. The lowest BCUT2D eigenvalue weighted by atomic mass is 10.0. The van der Waals surface area contributed by atoms with Crippen molar-refractivity contribution < 1.29 is 9.59 Å². The van der Waals surface area contributed by atoms with E-state index in [1.165, 1.54) is 0 Å². The highest BCUT2D eigenvalue weighted by Gasteiger charge is 2.27. The van der Waals surface area contributed by atoms with Crippen LogP contribution in [0.2, 0.25) is 0 Å². The first-order valence-corrected chi connectivity index (χ1v) is 10.2. The zero-order valence-electron chi connectivity index (χ0n) is 17.0. The Hall–Kier alpha value is -3.43. The zero-order valence-corrected chi connectivity index (χ0v) is 17.0. The summed E-state index contributed by atoms with van der Waals surface area (Å²) in [5, 5.41) is 14.2. The summed E-state index contributed by atoms with van der Waals surface area (Å²) in [4.78, 5) is 31.3. The molecule has 1 aliphatic rings. The predicted octanol–water partition coefficient (Wildman–Crippen LogP) is 1.12. The molecule has 0 unspecified atom stereocenters. The molecule has 0 bridgehead atoms. The fraction of sp³-hybridized carbons (Fsp3) is 0.450. The van der Waals surface area contributed by atoms with E-state index in [-0.39, 0.29) is 11.8 Å². The highest BCUT2D eigenvalue weighted by Crippen LogP contribution is 2.21. The Balaban J connectivity index is 1.31. The van der Waals surface area contributed by atoms with Gasteiger partial charge in [-0.3, -0.25) is 19.4 Å². The third-order valence-electron chi connectivity index (χ3n) is 5.39. The zero-order chi connectivity index (χ0) is 20.9. The molecule has 0 fully saturated rings. The number of aromatic nitrogens is 6. The molecule has 10 nitrogen and oxygen atoms in total. The van der Waals surface area contributed by atoms with Crippen molar-refractivity contribution in [2.45, 2.75) is 52.4 Å². The normalized spacial score (nSPS) is 13.3. The first-order valence-electron chi connectivity index (χ1n) is 10.2. The molecule has 4 heterocycles. The van der Waals surface area contributed by atoms with Crippen LogP contribution in [-0.2, 0) is 37.4 Å². The van der Waals surface area contributed by atoms with Gasteiger partial charge in [0.1, 0.15) is 5.82 Å². The maximum absolute atomic E-state index is 12.6. The number of imidazole rings is 1. The van der Waals surface area contributed by atoms with Crippen molar-refractivity contribution in [2.24, 2.45) is 0 Å². The summed E-state index contributed by atoms with van der Waals surface area (Å²) in [6, 6.07) is 1.87. The van der Waals surface area contributed by atoms with Crippen molar-refractivity contribution in [1.29, 1.82) is 0 Å². The molecule has 0 radical (unpaired) electrons. The van der Waals surface area contributed by atoms with Gasteiger partial charge in [-0.1, -0.05) is 0 Å². The number of hydrogen-bond donors (Lipinski definition) is 2. The first kappa shape index (κ1) is 19.9. The van der Waals surface area contributed by atoms with Crippen molar-refractivity contribution in [2.75, 3.05) is 6.54 Å². The summed E-state index contributed by atoms with van der Waals surface area (Å²) >= 11 is 0. The topological polar surface area (TPSA) is 114 Å². The van der Waals surface area contributed by atoms with Crippen LogP contribution in [0.4, 0.5) is 0 Å². The molecule has 0 saturated carbocycles. The smallest absolute Gasteiger partial charge is 0.272 e. The first-order chi connectivity index (χ1) is 14.7. The van der Waals surface area contributed by atoms with Crippen LogP contribution in [0.3, 0.4) is 0 Å². The minimum Gasteiger partial charge on any atom is -0.343 e. The second-order valence-electron chi connectivity index (χ2n) is 7.28. The summed E-state index contributed by atoms with van der Waals surface area (Å²) in [6.07, 6.45) is 9.07. The summed E-state index contributed by atoms with van der Waals surface area (Å²) < 4.78 is 3.81. The van der Waals surface area contributed by atoms with Crippen LogP contribution in [0.15, 0.2) is 30.9 Å². The number of aryl methyl sites for hydroxylation is 2. The van der Waals surface area contributed by atoms with Gasteiger partial charge in [0.2, 0.25) is 5.91 Å². The average molecular weight is 410 g/mol. The van der Waals surface area contributed by atoms with Gasteiger partial charge in [0.05, 0.1) is 18.8 Å². The van der Waals surface area contributed by atoms with Crippen molar-refractivity contribution >= 4 is 11.8 Å². The van der Waals surface area contributed by atoms with Crippen LogP contribution in [-0.4, -0.2) is 52.8 Å². The van der Waals surface area contributed by atoms with E-state index in [4.69, 9.17) is 0 Å². The molecule has 0 spiro atoms. The van der Waals surface area contributed by atoms with E-state index in [0.717, 1.165) is 36.6 Å². The second-order valence-corrected chi connectivity index (χ2v) is 7.28. The van der Waals surface area contributed by atoms with Gasteiger partial charge in [-0.2, -0.15) is 10.2 Å². The van der Waals surface area contributed by atoms with Crippen LogP contribution in [0.25, 0.3) is 0 Å². The van der Waals surface area contributed by atoms with Gasteiger partial charge in [-0.25, -0.2) is 4.98 Å². The van der Waals surface area contributed by atoms with Gasteiger partial charge in [-0.05, 0) is 25.8 Å². The molecule has 10 heteroatoms. The Morgan fingerprint density at radius 2 is 2.17 bits per heavy atom. The summed E-state index contributed by atoms with van der Waals surface area (Å²) in [6.45, 7) is 4.95. The minimum atomic E-state index is -0.225. The molecule has 4 rings (SSSR count). The Kier molecular flexibility index (Phi) is 5.92. The number of rotatable bonds is 8. The highest BCUT2D eigenvalue weighted by molar-refractivity contribution is 5.94. The highest BCUT2D eigenvalue weighted by atomic mass is 16.2. The van der Waals surface area contributed by atoms with Crippen molar-refractivity contribution in [3.8, 4) is 0 Å². The van der Waals surface area contributed by atoms with Gasteiger partial charge in [0.25, 0.3) is 5.91 Å². The Bertz CT molecular complexity index is 1000. The summed E-state index contributed by atoms with van der Waals surface area (Å²) in [5.41, 5.74) is 2.14. The van der Waals surface area contributed by atoms with E-state index in [9.17, 15) is 9.59 Å². The molecule has 3 aromatic rings. The van der Waals surface area contributed by atoms with Gasteiger partial charge >= 0.3 is 0 Å². The Labute approximate surface area is 174 Å². The van der Waals surface area contributed by atoms with Gasteiger partial charge < -0.3 is 14.8 Å². The van der Waals surface area contributed by atoms with Crippen LogP contribution in [0, 0.1) is 0 Å². The van der Waals surface area contributed by atoms with Crippen LogP contribution in [0.1, 0.15) is 47.3 Å². The monoisotopic (exact) mass is 410 g/mol. The van der Waals surface area contributed by atoms with E-state index in [1.807, 2.05) is 39.5 Å². The quantitative estimate of drug-likeness (QED) is 0.578. The third-order valence-corrected chi connectivity index (χ3v) is 5.39. The Morgan fingerprint density at radius 3 is 2.97 bits per heavy atom. The SMILES string of the molecule is CCn1ccnc1CNC(=O)c1n[nH]c2c1CCN(C(=O)CCCn1cccn1)C2. The molecule has 0 saturated heterocycles. The third kappa shape index (κ3) is 4.27. The molecule has 158 valence electrons. The summed E-state index contributed by atoms with van der Waals surface area (Å²) in [7, 11) is 0. The van der Waals surface area contributed by atoms with Crippen molar-refractivity contribution in [1.82, 2.24) is 39.7 Å². The summed E-state index contributed by atoms with van der Waals surface area (Å²) in [5.74, 6) is 0.694. The van der Waals surface area contributed by atoms with Crippen molar-refractivity contribution in [3.63, 3.8) is 0 Å². The maximum atomic E-state index is 12.6. The molecule has 0 aromatic carbocycles. The van der Waals surface area contributed by atoms with E-state index in [0.29, 0.717) is 38.2 Å². The van der Waals surface area contributed by atoms with Gasteiger partial charge in [-0.15, -0.1) is 0 Å². The molecule has 2 amide bonds. The largest absolute Gasteiger partial charge is 0.343 e. The van der Waals surface area contributed by atoms with E-state index in [2.05, 4.69) is 25.6 Å². The number of carbonyl (C=O) groups excluding carboxylic acids is 2. The van der Waals surface area contributed by atoms with Gasteiger partial charge in [0, 0.05) is 56.4 Å². The van der Waals surface area contributed by atoms with Gasteiger partial charge in [0.15, 0.2) is 5.69 Å². The van der Waals surface area contributed by atoms with E-state index >= 15 is 0 Å². The van der Waals surface area contributed by atoms with Crippen LogP contribution >= 0.6 is 0 Å². The number of nitrogens with zero attached hydrogens (tertiary/aromatic N) is 6. The number of H-pyrrole nitrogens is 1. The number of hydrogen-bond acceptors (Lipinski definition) is 5. The van der Waals surface area contributed by atoms with E-state index < -0.39 is 0 Å². The molecular weight excluding hydrogens is 384 g/mol. The number of aromatic amines is 1. The average Bonchev–Trinajstić information content (AvgIpc) is 3.51. The standard InChI is InChI=1S/C20H26N8O2/c1-2-26-12-8-21-17(26)13-22-20(30)19-15-6-11-27(14-16(15)24-25-19)18(29)5-3-9-28-10-4-7-23-28/h4,7-8,10,12H,2-3,5-6,9,11,13-14H2,1H3,(H,22,30)(H,24,25). The van der Waals surface area contributed by atoms with E-state index in [1.54, 1.807) is 12.4 Å². The van der Waals surface area contributed by atoms with Crippen LogP contribution in [0.5, 0.6) is 0 Å². The number of fused-ring (bicyclic) bond motifs is 1.